The molecule has 2 aromatic heterocycles. The van der Waals surface area contributed by atoms with Crippen LogP contribution in [-0.4, -0.2) is 54.3 Å². The van der Waals surface area contributed by atoms with E-state index < -0.39 is 11.7 Å². The summed E-state index contributed by atoms with van der Waals surface area (Å²) in [4.78, 5) is 25.4. The zero-order chi connectivity index (χ0) is 27.3. The fraction of sp³-hybridized carbons (Fsp3) is 0.406. The minimum absolute atomic E-state index is 0.0365. The molecule has 0 N–H and O–H groups in total. The fourth-order valence-corrected chi connectivity index (χ4v) is 5.81. The number of hydrogen-bond acceptors (Lipinski definition) is 7. The summed E-state index contributed by atoms with van der Waals surface area (Å²) in [5.74, 6) is 1.75. The van der Waals surface area contributed by atoms with Crippen LogP contribution in [0.15, 0.2) is 42.6 Å². The van der Waals surface area contributed by atoms with E-state index in [2.05, 4.69) is 35.2 Å². The quantitative estimate of drug-likeness (QED) is 0.318. The maximum atomic E-state index is 13.2. The number of fused-ring (bicyclic) bond motifs is 1. The molecule has 2 aliphatic rings. The van der Waals surface area contributed by atoms with Gasteiger partial charge < -0.3 is 19.1 Å². The van der Waals surface area contributed by atoms with Crippen molar-refractivity contribution in [3.8, 4) is 16.9 Å². The highest BCUT2D eigenvalue weighted by molar-refractivity contribution is 6.08. The van der Waals surface area contributed by atoms with Crippen molar-refractivity contribution in [1.29, 1.82) is 0 Å². The highest BCUT2D eigenvalue weighted by Crippen LogP contribution is 2.45. The first-order chi connectivity index (χ1) is 18.7. The summed E-state index contributed by atoms with van der Waals surface area (Å²) < 4.78 is 18.0. The number of anilines is 1. The predicted molar refractivity (Wildman–Crippen MR) is 154 cm³/mol. The lowest BCUT2D eigenvalue weighted by Crippen LogP contribution is -2.36. The molecule has 0 spiro atoms. The third kappa shape index (κ3) is 4.74. The van der Waals surface area contributed by atoms with Crippen LogP contribution in [0.5, 0.6) is 5.75 Å². The van der Waals surface area contributed by atoms with E-state index in [0.717, 1.165) is 75.1 Å². The third-order valence-corrected chi connectivity index (χ3v) is 7.50. The van der Waals surface area contributed by atoms with Crippen LogP contribution >= 0.6 is 0 Å². The lowest BCUT2D eigenvalue weighted by atomic mass is 9.85. The van der Waals surface area contributed by atoms with E-state index in [9.17, 15) is 4.79 Å². The minimum atomic E-state index is -0.731. The number of morpholine rings is 1. The molecule has 0 amide bonds. The molecule has 4 heterocycles. The molecule has 0 radical (unpaired) electrons. The summed E-state index contributed by atoms with van der Waals surface area (Å²) in [6, 6.07) is 12.5. The van der Waals surface area contributed by atoms with E-state index in [1.165, 1.54) is 5.56 Å². The lowest BCUT2D eigenvalue weighted by Gasteiger charge is -2.30. The maximum absolute atomic E-state index is 13.2. The summed E-state index contributed by atoms with van der Waals surface area (Å²) in [5.41, 5.74) is 6.18. The molecule has 39 heavy (non-hydrogen) atoms. The first-order valence-corrected chi connectivity index (χ1v) is 13.7. The number of hydrogen-bond donors (Lipinski definition) is 0. The molecule has 1 fully saturated rings. The molecular weight excluding hydrogens is 490 g/mol. The van der Waals surface area contributed by atoms with Crippen molar-refractivity contribution < 1.29 is 19.0 Å². The van der Waals surface area contributed by atoms with Gasteiger partial charge in [0.25, 0.3) is 0 Å². The maximum Gasteiger partial charge on any atom is 0.163 e. The molecule has 1 saturated heterocycles. The number of rotatable bonds is 5. The molecule has 2 aromatic carbocycles. The van der Waals surface area contributed by atoms with Gasteiger partial charge in [0.15, 0.2) is 5.78 Å². The number of Topliss-reactive ketones (excluding diaryl/α,β-unsaturated/α-hetero) is 1. The van der Waals surface area contributed by atoms with Crippen LogP contribution in [0.2, 0.25) is 0 Å². The Morgan fingerprint density at radius 2 is 1.87 bits per heavy atom. The van der Waals surface area contributed by atoms with Crippen LogP contribution < -0.4 is 9.64 Å². The molecule has 4 aromatic rings. The van der Waals surface area contributed by atoms with Gasteiger partial charge in [-0.15, -0.1) is 0 Å². The van der Waals surface area contributed by atoms with Crippen LogP contribution in [-0.2, 0) is 20.7 Å². The molecule has 0 bridgehead atoms. The van der Waals surface area contributed by atoms with E-state index in [1.54, 1.807) is 6.92 Å². The van der Waals surface area contributed by atoms with Gasteiger partial charge in [-0.3, -0.25) is 9.78 Å². The Morgan fingerprint density at radius 1 is 1.08 bits per heavy atom. The monoisotopic (exact) mass is 525 g/mol. The van der Waals surface area contributed by atoms with Crippen molar-refractivity contribution in [3.05, 3.63) is 59.3 Å². The zero-order valence-electron chi connectivity index (χ0n) is 23.3. The number of nitrogens with zero attached hydrogens (tertiary/aromatic N) is 3. The van der Waals surface area contributed by atoms with Crippen molar-refractivity contribution in [2.45, 2.75) is 52.7 Å². The molecular formula is C32H35N3O4. The van der Waals surface area contributed by atoms with Crippen molar-refractivity contribution in [2.24, 2.45) is 0 Å². The van der Waals surface area contributed by atoms with Gasteiger partial charge >= 0.3 is 0 Å². The third-order valence-electron chi connectivity index (χ3n) is 7.50. The van der Waals surface area contributed by atoms with Crippen molar-refractivity contribution >= 4 is 33.4 Å². The second kappa shape index (κ2) is 9.88. The summed E-state index contributed by atoms with van der Waals surface area (Å²) in [6.45, 7) is 13.3. The van der Waals surface area contributed by atoms with Gasteiger partial charge in [-0.2, -0.15) is 0 Å². The zero-order valence-corrected chi connectivity index (χ0v) is 23.3. The molecule has 7 nitrogen and oxygen atoms in total. The SMILES string of the molecule is CC(=O)[C@@H](OC(C)(C)C)c1c(C)cc2nc(N3CCOCC3)ccc2c1-c1ccc2c3c(ccnc13)CCO2. The average molecular weight is 526 g/mol. The molecule has 0 saturated carbocycles. The largest absolute Gasteiger partial charge is 0.493 e. The van der Waals surface area contributed by atoms with Crippen LogP contribution in [0, 0.1) is 6.92 Å². The van der Waals surface area contributed by atoms with Gasteiger partial charge in [0.05, 0.1) is 36.5 Å². The lowest BCUT2D eigenvalue weighted by molar-refractivity contribution is -0.138. The number of carbonyl (C=O) groups excluding carboxylic acids is 1. The average Bonchev–Trinajstić information content (AvgIpc) is 2.91. The normalized spacial score (nSPS) is 16.4. The Hall–Kier alpha value is -3.55. The second-order valence-electron chi connectivity index (χ2n) is 11.4. The van der Waals surface area contributed by atoms with E-state index in [0.29, 0.717) is 19.8 Å². The standard InChI is InChI=1S/C32H35N3O4/c1-19-18-24-22(7-9-26(34-24)35-13-16-37-17-14-35)29(27(19)31(20(2)36)39-32(3,4)5)23-6-8-25-28-21(11-15-38-25)10-12-33-30(23)28/h6-10,12,18,31H,11,13-17H2,1-5H3/t31-/m1/s1. The van der Waals surface area contributed by atoms with Gasteiger partial charge in [-0.1, -0.05) is 0 Å². The number of pyridine rings is 2. The Bertz CT molecular complexity index is 1570. The van der Waals surface area contributed by atoms with E-state index in [-0.39, 0.29) is 5.78 Å². The summed E-state index contributed by atoms with van der Waals surface area (Å²) >= 11 is 0. The highest BCUT2D eigenvalue weighted by Gasteiger charge is 2.31. The summed E-state index contributed by atoms with van der Waals surface area (Å²) in [6.07, 6.45) is 1.98. The number of aryl methyl sites for hydroxylation is 1. The number of aromatic nitrogens is 2. The van der Waals surface area contributed by atoms with Gasteiger partial charge in [0, 0.05) is 42.0 Å². The molecule has 0 unspecified atom stereocenters. The number of ketones is 1. The predicted octanol–water partition coefficient (Wildman–Crippen LogP) is 5.98. The minimum Gasteiger partial charge on any atom is -0.493 e. The van der Waals surface area contributed by atoms with Gasteiger partial charge in [0.2, 0.25) is 0 Å². The van der Waals surface area contributed by atoms with E-state index >= 15 is 0 Å². The second-order valence-corrected chi connectivity index (χ2v) is 11.4. The molecule has 0 aliphatic carbocycles. The Kier molecular flexibility index (Phi) is 6.52. The van der Waals surface area contributed by atoms with Crippen LogP contribution in [0.1, 0.15) is 50.5 Å². The number of benzene rings is 2. The summed E-state index contributed by atoms with van der Waals surface area (Å²) in [5, 5.41) is 2.01. The van der Waals surface area contributed by atoms with Crippen molar-refractivity contribution in [3.63, 3.8) is 0 Å². The molecule has 7 heteroatoms. The van der Waals surface area contributed by atoms with Gasteiger partial charge in [0.1, 0.15) is 17.7 Å². The Morgan fingerprint density at radius 3 is 2.62 bits per heavy atom. The van der Waals surface area contributed by atoms with Crippen molar-refractivity contribution in [2.75, 3.05) is 37.8 Å². The van der Waals surface area contributed by atoms with E-state index in [1.807, 2.05) is 40.0 Å². The number of ether oxygens (including phenoxy) is 3. The Balaban J connectivity index is 1.66. The smallest absolute Gasteiger partial charge is 0.163 e. The first kappa shape index (κ1) is 25.7. The first-order valence-electron chi connectivity index (χ1n) is 13.7. The Labute approximate surface area is 229 Å². The van der Waals surface area contributed by atoms with E-state index in [4.69, 9.17) is 24.2 Å². The van der Waals surface area contributed by atoms with Crippen LogP contribution in [0.3, 0.4) is 0 Å². The molecule has 2 aliphatic heterocycles. The fourth-order valence-electron chi connectivity index (χ4n) is 5.81. The summed E-state index contributed by atoms with van der Waals surface area (Å²) in [7, 11) is 0. The topological polar surface area (TPSA) is 73.8 Å². The highest BCUT2D eigenvalue weighted by atomic mass is 16.5. The van der Waals surface area contributed by atoms with Crippen LogP contribution in [0.4, 0.5) is 5.82 Å². The van der Waals surface area contributed by atoms with Gasteiger partial charge in [-0.25, -0.2) is 4.98 Å². The van der Waals surface area contributed by atoms with Gasteiger partial charge in [-0.05, 0) is 93.3 Å². The van der Waals surface area contributed by atoms with Crippen molar-refractivity contribution in [1.82, 2.24) is 9.97 Å². The van der Waals surface area contributed by atoms with Crippen LogP contribution in [0.25, 0.3) is 32.9 Å². The molecule has 1 atom stereocenters. The molecule has 202 valence electrons. The molecule has 6 rings (SSSR count). The number of carbonyl (C=O) groups is 1.